The predicted octanol–water partition coefficient (Wildman–Crippen LogP) is 3.64. The van der Waals surface area contributed by atoms with Crippen molar-refractivity contribution in [1.82, 2.24) is 10.3 Å². The third-order valence-electron chi connectivity index (χ3n) is 3.88. The summed E-state index contributed by atoms with van der Waals surface area (Å²) in [4.78, 5) is 3.05. The van der Waals surface area contributed by atoms with E-state index >= 15 is 0 Å². The molecular formula is C13H10F6N2. The summed E-state index contributed by atoms with van der Waals surface area (Å²) >= 11 is 0. The van der Waals surface area contributed by atoms with Crippen molar-refractivity contribution in [3.63, 3.8) is 0 Å². The number of aromatic nitrogens is 1. The Kier molecular flexibility index (Phi) is 2.89. The fourth-order valence-electron chi connectivity index (χ4n) is 2.89. The van der Waals surface area contributed by atoms with E-state index in [0.717, 1.165) is 12.6 Å². The van der Waals surface area contributed by atoms with Gasteiger partial charge in [0.15, 0.2) is 5.69 Å². The van der Waals surface area contributed by atoms with Crippen LogP contribution in [0.1, 0.15) is 29.7 Å². The van der Waals surface area contributed by atoms with Crippen LogP contribution in [0.4, 0.5) is 26.3 Å². The van der Waals surface area contributed by atoms with Crippen LogP contribution in [-0.4, -0.2) is 11.0 Å². The van der Waals surface area contributed by atoms with Crippen molar-refractivity contribution in [3.8, 4) is 0 Å². The van der Waals surface area contributed by atoms with Crippen molar-refractivity contribution in [2.75, 3.05) is 0 Å². The summed E-state index contributed by atoms with van der Waals surface area (Å²) in [7, 11) is 0. The Morgan fingerprint density at radius 1 is 1.14 bits per heavy atom. The molecule has 0 spiro atoms. The van der Waals surface area contributed by atoms with Crippen LogP contribution in [0.5, 0.6) is 0 Å². The van der Waals surface area contributed by atoms with E-state index < -0.39 is 29.1 Å². The first-order valence-corrected chi connectivity index (χ1v) is 6.24. The maximum atomic E-state index is 12.9. The van der Waals surface area contributed by atoms with Crippen molar-refractivity contribution < 1.29 is 26.3 Å². The first-order valence-electron chi connectivity index (χ1n) is 6.24. The Labute approximate surface area is 115 Å². The van der Waals surface area contributed by atoms with Crippen molar-refractivity contribution in [3.05, 3.63) is 41.2 Å². The molecule has 1 aromatic rings. The standard InChI is InChI=1S/C13H10F6N2/c14-12(15,16)9-5-7(6-20-10(9)13(17,18)19)11-3-1-8(21-11)2-4-11/h1,3,5-6,8,21H,2,4H2. The lowest BCUT2D eigenvalue weighted by molar-refractivity contribution is -0.164. The Morgan fingerprint density at radius 2 is 1.86 bits per heavy atom. The lowest BCUT2D eigenvalue weighted by Gasteiger charge is -2.26. The smallest absolute Gasteiger partial charge is 0.298 e. The van der Waals surface area contributed by atoms with Crippen LogP contribution in [0.25, 0.3) is 0 Å². The van der Waals surface area contributed by atoms with E-state index in [1.165, 1.54) is 0 Å². The van der Waals surface area contributed by atoms with Gasteiger partial charge in [-0.25, -0.2) is 0 Å². The maximum Gasteiger partial charge on any atom is 0.433 e. The Balaban J connectivity index is 2.12. The number of rotatable bonds is 1. The molecule has 1 saturated heterocycles. The molecule has 1 fully saturated rings. The molecule has 1 N–H and O–H groups in total. The zero-order valence-corrected chi connectivity index (χ0v) is 10.5. The minimum atomic E-state index is -5.14. The van der Waals surface area contributed by atoms with Gasteiger partial charge in [0.05, 0.1) is 11.1 Å². The largest absolute Gasteiger partial charge is 0.433 e. The van der Waals surface area contributed by atoms with Crippen LogP contribution >= 0.6 is 0 Å². The van der Waals surface area contributed by atoms with Crippen LogP contribution in [0.15, 0.2) is 24.4 Å². The molecule has 21 heavy (non-hydrogen) atoms. The third-order valence-corrected chi connectivity index (χ3v) is 3.88. The van der Waals surface area contributed by atoms with Crippen molar-refractivity contribution in [2.45, 2.75) is 36.8 Å². The van der Waals surface area contributed by atoms with E-state index in [1.807, 2.05) is 6.08 Å². The topological polar surface area (TPSA) is 24.9 Å². The highest BCUT2D eigenvalue weighted by atomic mass is 19.4. The lowest BCUT2D eigenvalue weighted by Crippen LogP contribution is -2.34. The normalized spacial score (nSPS) is 28.4. The summed E-state index contributed by atoms with van der Waals surface area (Å²) in [6, 6.07) is 0.613. The molecular weight excluding hydrogens is 298 g/mol. The van der Waals surface area contributed by atoms with E-state index in [2.05, 4.69) is 10.3 Å². The molecule has 2 atom stereocenters. The van der Waals surface area contributed by atoms with Crippen LogP contribution in [0.3, 0.4) is 0 Å². The number of alkyl halides is 6. The van der Waals surface area contributed by atoms with Crippen LogP contribution < -0.4 is 5.32 Å². The summed E-state index contributed by atoms with van der Waals surface area (Å²) in [5, 5.41) is 3.09. The summed E-state index contributed by atoms with van der Waals surface area (Å²) < 4.78 is 76.8. The minimum Gasteiger partial charge on any atom is -0.298 e. The molecule has 114 valence electrons. The average molecular weight is 308 g/mol. The Bertz CT molecular complexity index is 604. The summed E-state index contributed by atoms with van der Waals surface area (Å²) in [5.74, 6) is 0. The number of hydrogen-bond donors (Lipinski definition) is 1. The highest BCUT2D eigenvalue weighted by molar-refractivity contribution is 5.40. The van der Waals surface area contributed by atoms with Gasteiger partial charge in [-0.3, -0.25) is 10.3 Å². The van der Waals surface area contributed by atoms with Gasteiger partial charge in [0, 0.05) is 12.2 Å². The van der Waals surface area contributed by atoms with E-state index in [1.54, 1.807) is 6.08 Å². The van der Waals surface area contributed by atoms with Gasteiger partial charge in [0.1, 0.15) is 0 Å². The zero-order chi connectivity index (χ0) is 15.5. The highest BCUT2D eigenvalue weighted by Crippen LogP contribution is 2.44. The number of hydrogen-bond acceptors (Lipinski definition) is 2. The second-order valence-electron chi connectivity index (χ2n) is 5.24. The number of nitrogens with one attached hydrogen (secondary N) is 1. The fraction of sp³-hybridized carbons (Fsp3) is 0.462. The molecule has 3 heterocycles. The van der Waals surface area contributed by atoms with Gasteiger partial charge < -0.3 is 0 Å². The number of halogens is 6. The fourth-order valence-corrected chi connectivity index (χ4v) is 2.89. The quantitative estimate of drug-likeness (QED) is 0.633. The molecule has 8 heteroatoms. The van der Waals surface area contributed by atoms with Gasteiger partial charge >= 0.3 is 12.4 Å². The number of pyridine rings is 1. The SMILES string of the molecule is FC(F)(F)c1cc(C23C=CC(CC2)N3)cnc1C(F)(F)F. The van der Waals surface area contributed by atoms with Gasteiger partial charge in [-0.05, 0) is 24.5 Å². The van der Waals surface area contributed by atoms with Crippen molar-refractivity contribution in [2.24, 2.45) is 0 Å². The van der Waals surface area contributed by atoms with Crippen LogP contribution in [0, 0.1) is 0 Å². The molecule has 2 unspecified atom stereocenters. The second kappa shape index (κ2) is 4.22. The minimum absolute atomic E-state index is 0.0571. The van der Waals surface area contributed by atoms with Crippen molar-refractivity contribution in [1.29, 1.82) is 0 Å². The third kappa shape index (κ3) is 2.31. The molecule has 0 aliphatic carbocycles. The molecule has 2 aliphatic heterocycles. The van der Waals surface area contributed by atoms with Gasteiger partial charge in [0.25, 0.3) is 0 Å². The van der Waals surface area contributed by atoms with Crippen LogP contribution in [-0.2, 0) is 17.9 Å². The molecule has 0 amide bonds. The maximum absolute atomic E-state index is 12.9. The molecule has 2 nitrogen and oxygen atoms in total. The average Bonchev–Trinajstić information content (AvgIpc) is 2.97. The van der Waals surface area contributed by atoms with Crippen molar-refractivity contribution >= 4 is 0 Å². The Hall–Kier alpha value is -1.57. The summed E-state index contributed by atoms with van der Waals surface area (Å²) in [6.07, 6.45) is -4.58. The van der Waals surface area contributed by atoms with Gasteiger partial charge in [0.2, 0.25) is 0 Å². The lowest BCUT2D eigenvalue weighted by atomic mass is 9.86. The monoisotopic (exact) mass is 308 g/mol. The number of fused-ring (bicyclic) bond motifs is 2. The van der Waals surface area contributed by atoms with E-state index in [-0.39, 0.29) is 11.6 Å². The molecule has 2 aliphatic rings. The summed E-state index contributed by atoms with van der Waals surface area (Å²) in [6.45, 7) is 0. The highest BCUT2D eigenvalue weighted by Gasteiger charge is 2.47. The van der Waals surface area contributed by atoms with Gasteiger partial charge in [-0.2, -0.15) is 26.3 Å². The summed E-state index contributed by atoms with van der Waals surface area (Å²) in [5.41, 5.74) is -4.36. The van der Waals surface area contributed by atoms with E-state index in [0.29, 0.717) is 12.5 Å². The first-order chi connectivity index (χ1) is 9.62. The van der Waals surface area contributed by atoms with E-state index in [9.17, 15) is 26.3 Å². The molecule has 0 aromatic carbocycles. The van der Waals surface area contributed by atoms with Gasteiger partial charge in [-0.15, -0.1) is 0 Å². The van der Waals surface area contributed by atoms with Crippen LogP contribution in [0.2, 0.25) is 0 Å². The zero-order valence-electron chi connectivity index (χ0n) is 10.5. The molecule has 0 radical (unpaired) electrons. The molecule has 3 rings (SSSR count). The van der Waals surface area contributed by atoms with E-state index in [4.69, 9.17) is 0 Å². The predicted molar refractivity (Wildman–Crippen MR) is 61.2 cm³/mol. The number of nitrogens with zero attached hydrogens (tertiary/aromatic N) is 1. The molecule has 1 aromatic heterocycles. The second-order valence-corrected chi connectivity index (χ2v) is 5.24. The molecule has 2 bridgehead atoms. The Morgan fingerprint density at radius 3 is 2.29 bits per heavy atom. The van der Waals surface area contributed by atoms with Gasteiger partial charge in [-0.1, -0.05) is 12.2 Å². The molecule has 0 saturated carbocycles. The first kappa shape index (κ1) is 14.4.